The van der Waals surface area contributed by atoms with Crippen LogP contribution in [0.2, 0.25) is 0 Å². The Morgan fingerprint density at radius 2 is 2.20 bits per heavy atom. The fourth-order valence-corrected chi connectivity index (χ4v) is 2.98. The molecule has 2 aliphatic carbocycles. The second-order valence-electron chi connectivity index (χ2n) is 4.65. The average molecular weight is 210 g/mol. The third kappa shape index (κ3) is 1.58. The Balaban J connectivity index is 2.23. The van der Waals surface area contributed by atoms with Gasteiger partial charge in [-0.15, -0.1) is 0 Å². The molecule has 0 N–H and O–H groups in total. The zero-order valence-electron chi connectivity index (χ0n) is 9.25. The topological polar surface area (TPSA) is 43.4 Å². The zero-order chi connectivity index (χ0) is 10.9. The van der Waals surface area contributed by atoms with Crippen LogP contribution >= 0.6 is 0 Å². The zero-order valence-corrected chi connectivity index (χ0v) is 9.25. The second-order valence-corrected chi connectivity index (χ2v) is 4.65. The molecular weight excluding hydrogens is 192 g/mol. The summed E-state index contributed by atoms with van der Waals surface area (Å²) in [6.07, 6.45) is 5.35. The SMILES string of the molecule is CCOC(=O)C12CCCCC(CC1)C2=O. The van der Waals surface area contributed by atoms with Crippen LogP contribution in [0.3, 0.4) is 0 Å². The van der Waals surface area contributed by atoms with Crippen LogP contribution in [0, 0.1) is 11.3 Å². The van der Waals surface area contributed by atoms with E-state index in [0.717, 1.165) is 32.1 Å². The molecule has 0 aliphatic heterocycles. The van der Waals surface area contributed by atoms with E-state index in [1.54, 1.807) is 6.92 Å². The molecule has 2 rings (SSSR count). The van der Waals surface area contributed by atoms with Gasteiger partial charge in [0.1, 0.15) is 5.41 Å². The van der Waals surface area contributed by atoms with Gasteiger partial charge in [-0.25, -0.2) is 0 Å². The highest BCUT2D eigenvalue weighted by atomic mass is 16.5. The molecule has 0 aromatic carbocycles. The van der Waals surface area contributed by atoms with Gasteiger partial charge in [-0.3, -0.25) is 9.59 Å². The quantitative estimate of drug-likeness (QED) is 0.517. The molecule has 0 saturated heterocycles. The van der Waals surface area contributed by atoms with Gasteiger partial charge >= 0.3 is 5.97 Å². The Labute approximate surface area is 90.2 Å². The summed E-state index contributed by atoms with van der Waals surface area (Å²) in [7, 11) is 0. The lowest BCUT2D eigenvalue weighted by atomic mass is 9.81. The summed E-state index contributed by atoms with van der Waals surface area (Å²) in [6, 6.07) is 0. The van der Waals surface area contributed by atoms with Crippen molar-refractivity contribution < 1.29 is 14.3 Å². The van der Waals surface area contributed by atoms with Crippen LogP contribution < -0.4 is 0 Å². The largest absolute Gasteiger partial charge is 0.465 e. The number of hydrogen-bond donors (Lipinski definition) is 0. The molecule has 2 saturated carbocycles. The first-order chi connectivity index (χ1) is 7.20. The minimum absolute atomic E-state index is 0.136. The molecule has 3 heteroatoms. The highest BCUT2D eigenvalue weighted by molar-refractivity contribution is 6.06. The summed E-state index contributed by atoms with van der Waals surface area (Å²) in [5.41, 5.74) is -0.753. The minimum atomic E-state index is -0.753. The molecule has 84 valence electrons. The van der Waals surface area contributed by atoms with Crippen LogP contribution in [0.25, 0.3) is 0 Å². The van der Waals surface area contributed by atoms with E-state index in [2.05, 4.69) is 0 Å². The van der Waals surface area contributed by atoms with Crippen LogP contribution in [0.5, 0.6) is 0 Å². The van der Waals surface area contributed by atoms with Gasteiger partial charge in [0.25, 0.3) is 0 Å². The number of hydrogen-bond acceptors (Lipinski definition) is 3. The Morgan fingerprint density at radius 1 is 1.40 bits per heavy atom. The van der Waals surface area contributed by atoms with Gasteiger partial charge < -0.3 is 4.74 Å². The molecule has 2 fully saturated rings. The molecule has 3 nitrogen and oxygen atoms in total. The first kappa shape index (κ1) is 10.7. The Kier molecular flexibility index (Phi) is 2.81. The Bertz CT molecular complexity index is 285. The summed E-state index contributed by atoms with van der Waals surface area (Å²) in [4.78, 5) is 24.0. The fraction of sp³-hybridized carbons (Fsp3) is 0.833. The summed E-state index contributed by atoms with van der Waals surface area (Å²) in [5, 5.41) is 0. The van der Waals surface area contributed by atoms with Crippen molar-refractivity contribution in [2.75, 3.05) is 6.61 Å². The Morgan fingerprint density at radius 3 is 2.93 bits per heavy atom. The summed E-state index contributed by atoms with van der Waals surface area (Å²) in [6.45, 7) is 2.17. The van der Waals surface area contributed by atoms with E-state index in [1.807, 2.05) is 0 Å². The van der Waals surface area contributed by atoms with Crippen molar-refractivity contribution in [3.05, 3.63) is 0 Å². The van der Waals surface area contributed by atoms with E-state index >= 15 is 0 Å². The number of carbonyl (C=O) groups is 2. The van der Waals surface area contributed by atoms with Gasteiger partial charge in [-0.2, -0.15) is 0 Å². The standard InChI is InChI=1S/C12H18O3/c1-2-15-11(14)12-7-4-3-5-9(6-8-12)10(12)13/h9H,2-8H2,1H3. The van der Waals surface area contributed by atoms with Crippen LogP contribution in [-0.4, -0.2) is 18.4 Å². The van der Waals surface area contributed by atoms with Gasteiger partial charge in [0, 0.05) is 5.92 Å². The molecule has 2 unspecified atom stereocenters. The first-order valence-corrected chi connectivity index (χ1v) is 5.92. The molecule has 0 radical (unpaired) electrons. The smallest absolute Gasteiger partial charge is 0.319 e. The molecule has 15 heavy (non-hydrogen) atoms. The molecule has 2 aliphatic rings. The lowest BCUT2D eigenvalue weighted by Crippen LogP contribution is -2.37. The van der Waals surface area contributed by atoms with Crippen molar-refractivity contribution in [1.82, 2.24) is 0 Å². The normalized spacial score (nSPS) is 35.0. The number of esters is 1. The van der Waals surface area contributed by atoms with E-state index in [1.165, 1.54) is 0 Å². The lowest BCUT2D eigenvalue weighted by Gasteiger charge is -2.23. The van der Waals surface area contributed by atoms with Crippen molar-refractivity contribution in [3.8, 4) is 0 Å². The van der Waals surface area contributed by atoms with E-state index in [0.29, 0.717) is 13.0 Å². The number of Topliss-reactive ketones (excluding diaryl/α,β-unsaturated/α-hetero) is 1. The highest BCUT2D eigenvalue weighted by Crippen LogP contribution is 2.47. The van der Waals surface area contributed by atoms with Crippen LogP contribution in [0.1, 0.15) is 45.4 Å². The number of rotatable bonds is 2. The van der Waals surface area contributed by atoms with Gasteiger partial charge in [0.15, 0.2) is 5.78 Å². The minimum Gasteiger partial charge on any atom is -0.465 e. The van der Waals surface area contributed by atoms with Crippen molar-refractivity contribution in [3.63, 3.8) is 0 Å². The number of carbonyl (C=O) groups excluding carboxylic acids is 2. The van der Waals surface area contributed by atoms with Crippen molar-refractivity contribution in [1.29, 1.82) is 0 Å². The summed E-state index contributed by atoms with van der Waals surface area (Å²) in [5.74, 6) is 0.0368. The molecule has 0 aromatic heterocycles. The van der Waals surface area contributed by atoms with E-state index in [-0.39, 0.29) is 17.7 Å². The molecule has 0 spiro atoms. The van der Waals surface area contributed by atoms with Crippen molar-refractivity contribution >= 4 is 11.8 Å². The number of ketones is 1. The molecule has 2 bridgehead atoms. The first-order valence-electron chi connectivity index (χ1n) is 5.92. The fourth-order valence-electron chi connectivity index (χ4n) is 2.98. The predicted molar refractivity (Wildman–Crippen MR) is 55.3 cm³/mol. The van der Waals surface area contributed by atoms with E-state index in [4.69, 9.17) is 4.74 Å². The van der Waals surface area contributed by atoms with Gasteiger partial charge in [-0.1, -0.05) is 12.8 Å². The maximum atomic E-state index is 12.1. The van der Waals surface area contributed by atoms with E-state index in [9.17, 15) is 9.59 Å². The average Bonchev–Trinajstić information content (AvgIpc) is 2.38. The third-order valence-corrected chi connectivity index (χ3v) is 3.83. The van der Waals surface area contributed by atoms with E-state index < -0.39 is 5.41 Å². The van der Waals surface area contributed by atoms with Crippen molar-refractivity contribution in [2.45, 2.75) is 45.4 Å². The number of ether oxygens (including phenoxy) is 1. The van der Waals surface area contributed by atoms with Gasteiger partial charge in [-0.05, 0) is 32.6 Å². The molecular formula is C12H18O3. The summed E-state index contributed by atoms with van der Waals surface area (Å²) >= 11 is 0. The van der Waals surface area contributed by atoms with Crippen LogP contribution in [0.15, 0.2) is 0 Å². The van der Waals surface area contributed by atoms with Gasteiger partial charge in [0.05, 0.1) is 6.61 Å². The van der Waals surface area contributed by atoms with Gasteiger partial charge in [0.2, 0.25) is 0 Å². The van der Waals surface area contributed by atoms with Crippen LogP contribution in [0.4, 0.5) is 0 Å². The monoisotopic (exact) mass is 210 g/mol. The summed E-state index contributed by atoms with van der Waals surface area (Å²) < 4.78 is 5.07. The molecule has 0 heterocycles. The second kappa shape index (κ2) is 3.95. The highest BCUT2D eigenvalue weighted by Gasteiger charge is 2.54. The maximum absolute atomic E-state index is 12.1. The molecule has 2 atom stereocenters. The van der Waals surface area contributed by atoms with Crippen LogP contribution in [-0.2, 0) is 14.3 Å². The lowest BCUT2D eigenvalue weighted by molar-refractivity contribution is -0.159. The predicted octanol–water partition coefficient (Wildman–Crippen LogP) is 2.09. The maximum Gasteiger partial charge on any atom is 0.319 e. The number of fused-ring (bicyclic) bond motifs is 2. The van der Waals surface area contributed by atoms with Crippen molar-refractivity contribution in [2.24, 2.45) is 11.3 Å². The molecule has 0 amide bonds. The Hall–Kier alpha value is -0.860. The molecule has 0 aromatic rings. The third-order valence-electron chi connectivity index (χ3n) is 3.83.